The van der Waals surface area contributed by atoms with Crippen LogP contribution in [0, 0.1) is 10.1 Å². The number of rotatable bonds is 8. The van der Waals surface area contributed by atoms with Gasteiger partial charge in [-0.3, -0.25) is 0 Å². The first kappa shape index (κ1) is 22.4. The fourth-order valence-electron chi connectivity index (χ4n) is 2.38. The normalized spacial score (nSPS) is 19.9. The van der Waals surface area contributed by atoms with Gasteiger partial charge in [-0.2, -0.15) is 4.68 Å². The molecule has 1 saturated heterocycles. The van der Waals surface area contributed by atoms with Crippen molar-refractivity contribution in [3.63, 3.8) is 0 Å². The highest BCUT2D eigenvalue weighted by Crippen LogP contribution is 2.36. The first-order valence-corrected chi connectivity index (χ1v) is 12.9. The van der Waals surface area contributed by atoms with Crippen LogP contribution in [0.1, 0.15) is 40.0 Å². The van der Waals surface area contributed by atoms with Crippen LogP contribution >= 0.6 is 15.9 Å². The molecule has 0 radical (unpaired) electrons. The summed E-state index contributed by atoms with van der Waals surface area (Å²) in [5.74, 6) is -0.445. The summed E-state index contributed by atoms with van der Waals surface area (Å²) in [6.07, 6.45) is 2.28. The predicted molar refractivity (Wildman–Crippen MR) is 106 cm³/mol. The van der Waals surface area contributed by atoms with Crippen LogP contribution in [0.25, 0.3) is 0 Å². The average Bonchev–Trinajstić information content (AvgIpc) is 2.94. The second-order valence-corrected chi connectivity index (χ2v) is 13.8. The van der Waals surface area contributed by atoms with Crippen molar-refractivity contribution in [2.45, 2.75) is 77.1 Å². The Morgan fingerprint density at radius 2 is 2.15 bits per heavy atom. The predicted octanol–water partition coefficient (Wildman–Crippen LogP) is 3.88. The summed E-state index contributed by atoms with van der Waals surface area (Å²) in [6.45, 7) is 12.2. The first-order valence-electron chi connectivity index (χ1n) is 9.15. The van der Waals surface area contributed by atoms with Gasteiger partial charge in [0.25, 0.3) is 4.73 Å². The summed E-state index contributed by atoms with van der Waals surface area (Å²) in [6, 6.07) is 0. The van der Waals surface area contributed by atoms with Gasteiger partial charge in [-0.15, -0.1) is 0 Å². The molecule has 0 N–H and O–H groups in total. The smallest absolute Gasteiger partial charge is 0.414 e. The van der Waals surface area contributed by atoms with Crippen molar-refractivity contribution in [2.75, 3.05) is 13.2 Å². The molecule has 0 spiro atoms. The van der Waals surface area contributed by atoms with Crippen molar-refractivity contribution >= 4 is 30.2 Å². The average molecular weight is 465 g/mol. The van der Waals surface area contributed by atoms with E-state index in [0.29, 0.717) is 17.9 Å². The Kier molecular flexibility index (Phi) is 7.53. The molecule has 1 fully saturated rings. The van der Waals surface area contributed by atoms with Crippen LogP contribution in [0.15, 0.2) is 4.73 Å². The molecule has 9 nitrogen and oxygen atoms in total. The SMILES string of the molecule is CC(C)(C)[Si](C)(C)OCC(Cn1nc([N+](=O)[O-])nc1Br)OC1CCCCO1. The highest BCUT2D eigenvalue weighted by atomic mass is 79.9. The largest absolute Gasteiger partial charge is 0.492 e. The maximum Gasteiger partial charge on any atom is 0.492 e. The molecule has 2 rings (SSSR count). The molecule has 1 aromatic rings. The van der Waals surface area contributed by atoms with Crippen molar-refractivity contribution in [1.29, 1.82) is 0 Å². The van der Waals surface area contributed by atoms with E-state index in [9.17, 15) is 10.1 Å². The zero-order valence-corrected chi connectivity index (χ0v) is 19.2. The van der Waals surface area contributed by atoms with E-state index in [2.05, 4.69) is 59.9 Å². The minimum absolute atomic E-state index is 0.0749. The lowest BCUT2D eigenvalue weighted by atomic mass is 10.2. The minimum Gasteiger partial charge on any atom is -0.414 e. The zero-order valence-electron chi connectivity index (χ0n) is 16.6. The van der Waals surface area contributed by atoms with E-state index in [1.165, 1.54) is 4.68 Å². The molecule has 27 heavy (non-hydrogen) atoms. The molecule has 0 amide bonds. The molecule has 2 heterocycles. The zero-order chi connectivity index (χ0) is 20.2. The molecule has 0 aromatic carbocycles. The van der Waals surface area contributed by atoms with E-state index in [-0.39, 0.29) is 24.0 Å². The summed E-state index contributed by atoms with van der Waals surface area (Å²) >= 11 is 3.23. The van der Waals surface area contributed by atoms with Crippen molar-refractivity contribution < 1.29 is 18.8 Å². The highest BCUT2D eigenvalue weighted by molar-refractivity contribution is 9.10. The van der Waals surface area contributed by atoms with Crippen LogP contribution < -0.4 is 0 Å². The molecule has 154 valence electrons. The lowest BCUT2D eigenvalue weighted by molar-refractivity contribution is -0.394. The molecule has 0 aliphatic carbocycles. The lowest BCUT2D eigenvalue weighted by Gasteiger charge is -2.37. The van der Waals surface area contributed by atoms with Gasteiger partial charge in [0, 0.05) is 27.6 Å². The quantitative estimate of drug-likeness (QED) is 0.326. The number of hydrogen-bond donors (Lipinski definition) is 0. The van der Waals surface area contributed by atoms with Gasteiger partial charge >= 0.3 is 5.95 Å². The lowest BCUT2D eigenvalue weighted by Crippen LogP contribution is -2.44. The summed E-state index contributed by atoms with van der Waals surface area (Å²) in [4.78, 5) is 14.1. The van der Waals surface area contributed by atoms with E-state index in [1.54, 1.807) is 0 Å². The van der Waals surface area contributed by atoms with Crippen molar-refractivity contribution in [3.8, 4) is 0 Å². The van der Waals surface area contributed by atoms with Crippen LogP contribution in [0.4, 0.5) is 5.95 Å². The molecule has 1 aliphatic heterocycles. The second kappa shape index (κ2) is 9.08. The maximum absolute atomic E-state index is 10.9. The van der Waals surface area contributed by atoms with Gasteiger partial charge in [-0.05, 0) is 47.3 Å². The number of hydrogen-bond acceptors (Lipinski definition) is 7. The Hall–Kier alpha value is -0.883. The molecule has 11 heteroatoms. The third kappa shape index (κ3) is 6.31. The Labute approximate surface area is 169 Å². The standard InChI is InChI=1S/C16H29BrN4O5Si/c1-16(2,3)27(4,5)25-11-12(26-13-8-6-7-9-24-13)10-20-14(17)18-15(19-20)21(22)23/h12-13H,6-11H2,1-5H3. The number of halogens is 1. The van der Waals surface area contributed by atoms with Gasteiger partial charge in [0.2, 0.25) is 0 Å². The van der Waals surface area contributed by atoms with Crippen LogP contribution in [0.5, 0.6) is 0 Å². The number of nitro groups is 1. The van der Waals surface area contributed by atoms with E-state index in [1.807, 2.05) is 0 Å². The summed E-state index contributed by atoms with van der Waals surface area (Å²) in [7, 11) is -1.96. The van der Waals surface area contributed by atoms with Crippen molar-refractivity contribution in [2.24, 2.45) is 0 Å². The molecular weight excluding hydrogens is 436 g/mol. The van der Waals surface area contributed by atoms with Crippen LogP contribution in [-0.2, 0) is 20.4 Å². The topological polar surface area (TPSA) is 102 Å². The Morgan fingerprint density at radius 1 is 1.44 bits per heavy atom. The second-order valence-electron chi connectivity index (χ2n) is 8.25. The first-order chi connectivity index (χ1) is 12.5. The van der Waals surface area contributed by atoms with Gasteiger partial charge in [0.1, 0.15) is 6.10 Å². The highest BCUT2D eigenvalue weighted by Gasteiger charge is 2.38. The van der Waals surface area contributed by atoms with E-state index in [4.69, 9.17) is 13.9 Å². The van der Waals surface area contributed by atoms with E-state index < -0.39 is 19.2 Å². The molecule has 2 atom stereocenters. The van der Waals surface area contributed by atoms with E-state index >= 15 is 0 Å². The molecule has 2 unspecified atom stereocenters. The van der Waals surface area contributed by atoms with Gasteiger partial charge < -0.3 is 24.0 Å². The fraction of sp³-hybridized carbons (Fsp3) is 0.875. The monoisotopic (exact) mass is 464 g/mol. The van der Waals surface area contributed by atoms with Crippen LogP contribution in [-0.4, -0.2) is 53.6 Å². The van der Waals surface area contributed by atoms with Gasteiger partial charge in [0.05, 0.1) is 13.2 Å². The third-order valence-electron chi connectivity index (χ3n) is 5.07. The van der Waals surface area contributed by atoms with Gasteiger partial charge in [0.15, 0.2) is 14.6 Å². The van der Waals surface area contributed by atoms with Crippen molar-refractivity contribution in [1.82, 2.24) is 14.8 Å². The molecule has 1 aliphatic rings. The van der Waals surface area contributed by atoms with Crippen LogP contribution in [0.2, 0.25) is 18.1 Å². The Balaban J connectivity index is 2.10. The minimum atomic E-state index is -1.96. The van der Waals surface area contributed by atoms with Crippen molar-refractivity contribution in [3.05, 3.63) is 14.8 Å². The number of nitrogens with zero attached hydrogens (tertiary/aromatic N) is 4. The molecular formula is C16H29BrN4O5Si. The molecule has 0 saturated carbocycles. The third-order valence-corrected chi connectivity index (χ3v) is 10.2. The summed E-state index contributed by atoms with van der Waals surface area (Å²) in [5.41, 5.74) is 0. The Bertz CT molecular complexity index is 643. The number of aromatic nitrogens is 3. The molecule has 0 bridgehead atoms. The fourth-order valence-corrected chi connectivity index (χ4v) is 3.80. The molecule has 1 aromatic heterocycles. The van der Waals surface area contributed by atoms with Gasteiger partial charge in [-0.25, -0.2) is 0 Å². The van der Waals surface area contributed by atoms with Gasteiger partial charge in [-0.1, -0.05) is 20.8 Å². The summed E-state index contributed by atoms with van der Waals surface area (Å²) < 4.78 is 19.8. The number of ether oxygens (including phenoxy) is 2. The Morgan fingerprint density at radius 3 is 2.67 bits per heavy atom. The van der Waals surface area contributed by atoms with E-state index in [0.717, 1.165) is 19.3 Å². The maximum atomic E-state index is 10.9. The summed E-state index contributed by atoms with van der Waals surface area (Å²) in [5, 5.41) is 14.9. The van der Waals surface area contributed by atoms with Crippen LogP contribution in [0.3, 0.4) is 0 Å².